The zero-order valence-electron chi connectivity index (χ0n) is 12.3. The van der Waals surface area contributed by atoms with Gasteiger partial charge in [0.1, 0.15) is 5.82 Å². The summed E-state index contributed by atoms with van der Waals surface area (Å²) in [6.45, 7) is 2.94. The first-order valence-corrected chi connectivity index (χ1v) is 7.07. The van der Waals surface area contributed by atoms with E-state index in [1.165, 1.54) is 11.1 Å². The van der Waals surface area contributed by atoms with Gasteiger partial charge >= 0.3 is 0 Å². The molecule has 0 unspecified atom stereocenters. The van der Waals surface area contributed by atoms with Crippen LogP contribution in [0.3, 0.4) is 0 Å². The van der Waals surface area contributed by atoms with Gasteiger partial charge in [-0.2, -0.15) is 0 Å². The molecular formula is C16H19N5. The van der Waals surface area contributed by atoms with Crippen LogP contribution in [0.25, 0.3) is 5.65 Å². The molecule has 2 heterocycles. The predicted octanol–water partition coefficient (Wildman–Crippen LogP) is 2.73. The number of imidazole rings is 1. The first-order chi connectivity index (χ1) is 10.3. The van der Waals surface area contributed by atoms with E-state index in [1.807, 2.05) is 23.8 Å². The van der Waals surface area contributed by atoms with Crippen LogP contribution in [0.15, 0.2) is 42.9 Å². The summed E-state index contributed by atoms with van der Waals surface area (Å²) in [4.78, 5) is 8.88. The lowest BCUT2D eigenvalue weighted by Crippen LogP contribution is -2.09. The van der Waals surface area contributed by atoms with E-state index < -0.39 is 0 Å². The average Bonchev–Trinajstić information content (AvgIpc) is 2.95. The number of anilines is 2. The zero-order valence-corrected chi connectivity index (χ0v) is 12.3. The molecule has 1 aromatic carbocycles. The van der Waals surface area contributed by atoms with Crippen molar-refractivity contribution in [3.63, 3.8) is 0 Å². The third kappa shape index (κ3) is 2.97. The van der Waals surface area contributed by atoms with Gasteiger partial charge in [-0.1, -0.05) is 29.8 Å². The molecule has 2 aromatic heterocycles. The van der Waals surface area contributed by atoms with Crippen molar-refractivity contribution in [3.05, 3.63) is 54.0 Å². The van der Waals surface area contributed by atoms with Crippen LogP contribution in [-0.2, 0) is 6.42 Å². The molecule has 3 aromatic rings. The van der Waals surface area contributed by atoms with Crippen molar-refractivity contribution in [2.45, 2.75) is 13.3 Å². The van der Waals surface area contributed by atoms with E-state index >= 15 is 0 Å². The van der Waals surface area contributed by atoms with Crippen molar-refractivity contribution >= 4 is 17.3 Å². The van der Waals surface area contributed by atoms with Gasteiger partial charge in [0.05, 0.1) is 6.20 Å². The first-order valence-electron chi connectivity index (χ1n) is 7.07. The van der Waals surface area contributed by atoms with Gasteiger partial charge in [0.2, 0.25) is 0 Å². The molecule has 0 radical (unpaired) electrons. The van der Waals surface area contributed by atoms with Crippen LogP contribution in [-0.4, -0.2) is 28.0 Å². The van der Waals surface area contributed by atoms with Gasteiger partial charge in [-0.15, -0.1) is 0 Å². The van der Waals surface area contributed by atoms with E-state index in [9.17, 15) is 0 Å². The summed E-state index contributed by atoms with van der Waals surface area (Å²) in [5.74, 6) is 1.62. The van der Waals surface area contributed by atoms with Crippen LogP contribution < -0.4 is 10.6 Å². The summed E-state index contributed by atoms with van der Waals surface area (Å²) in [6, 6.07) is 8.57. The molecule has 0 amide bonds. The highest BCUT2D eigenvalue weighted by Gasteiger charge is 2.06. The summed E-state index contributed by atoms with van der Waals surface area (Å²) in [5.41, 5.74) is 3.46. The molecule has 2 N–H and O–H groups in total. The Hall–Kier alpha value is -2.56. The number of rotatable bonds is 5. The molecule has 0 atom stereocenters. The van der Waals surface area contributed by atoms with Crippen molar-refractivity contribution in [2.75, 3.05) is 24.2 Å². The molecule has 21 heavy (non-hydrogen) atoms. The normalized spacial score (nSPS) is 10.8. The van der Waals surface area contributed by atoms with Gasteiger partial charge in [-0.3, -0.25) is 0 Å². The molecule has 0 aliphatic heterocycles. The number of fused-ring (bicyclic) bond motifs is 1. The van der Waals surface area contributed by atoms with E-state index in [1.54, 1.807) is 6.20 Å². The van der Waals surface area contributed by atoms with Crippen molar-refractivity contribution in [1.82, 2.24) is 14.4 Å². The maximum absolute atomic E-state index is 4.53. The smallest absolute Gasteiger partial charge is 0.180 e. The first kappa shape index (κ1) is 13.4. The van der Waals surface area contributed by atoms with Gasteiger partial charge in [0, 0.05) is 26.0 Å². The lowest BCUT2D eigenvalue weighted by molar-refractivity contribution is 0.996. The highest BCUT2D eigenvalue weighted by Crippen LogP contribution is 2.16. The molecule has 0 aliphatic rings. The standard InChI is InChI=1S/C16H19N5/c1-12-4-3-5-13(10-12)6-7-18-15-16-19-8-9-21(16)11-14(17-2)20-15/h3-5,8-11,17H,6-7H2,1-2H3,(H,18,20). The zero-order chi connectivity index (χ0) is 14.7. The predicted molar refractivity (Wildman–Crippen MR) is 85.9 cm³/mol. The quantitative estimate of drug-likeness (QED) is 0.755. The Balaban J connectivity index is 1.74. The summed E-state index contributed by atoms with van der Waals surface area (Å²) in [5, 5.41) is 6.45. The third-order valence-electron chi connectivity index (χ3n) is 3.42. The van der Waals surface area contributed by atoms with Crippen LogP contribution in [0.1, 0.15) is 11.1 Å². The van der Waals surface area contributed by atoms with Gasteiger partial charge in [0.25, 0.3) is 0 Å². The number of nitrogens with one attached hydrogen (secondary N) is 2. The fourth-order valence-electron chi connectivity index (χ4n) is 2.36. The number of aromatic nitrogens is 3. The minimum absolute atomic E-state index is 0.805. The van der Waals surface area contributed by atoms with Gasteiger partial charge in [-0.05, 0) is 18.9 Å². The topological polar surface area (TPSA) is 54.2 Å². The number of hydrogen-bond donors (Lipinski definition) is 2. The second-order valence-electron chi connectivity index (χ2n) is 5.05. The van der Waals surface area contributed by atoms with Crippen LogP contribution in [0.4, 0.5) is 11.6 Å². The van der Waals surface area contributed by atoms with Crippen molar-refractivity contribution in [3.8, 4) is 0 Å². The largest absolute Gasteiger partial charge is 0.372 e. The molecule has 0 aliphatic carbocycles. The highest BCUT2D eigenvalue weighted by atomic mass is 15.1. The van der Waals surface area contributed by atoms with Crippen molar-refractivity contribution in [1.29, 1.82) is 0 Å². The molecule has 108 valence electrons. The number of benzene rings is 1. The molecule has 0 saturated heterocycles. The fourth-order valence-corrected chi connectivity index (χ4v) is 2.36. The maximum Gasteiger partial charge on any atom is 0.180 e. The van der Waals surface area contributed by atoms with E-state index in [0.29, 0.717) is 0 Å². The van der Waals surface area contributed by atoms with E-state index in [2.05, 4.69) is 51.8 Å². The maximum atomic E-state index is 4.53. The molecule has 5 heteroatoms. The highest BCUT2D eigenvalue weighted by molar-refractivity contribution is 5.65. The minimum Gasteiger partial charge on any atom is -0.372 e. The Kier molecular flexibility index (Phi) is 3.73. The molecule has 0 fully saturated rings. The van der Waals surface area contributed by atoms with E-state index in [4.69, 9.17) is 0 Å². The molecule has 3 rings (SSSR count). The van der Waals surface area contributed by atoms with Crippen LogP contribution in [0, 0.1) is 6.92 Å². The number of aryl methyl sites for hydroxylation is 1. The molecule has 5 nitrogen and oxygen atoms in total. The second kappa shape index (κ2) is 5.83. The van der Waals surface area contributed by atoms with Crippen LogP contribution in [0.2, 0.25) is 0 Å². The number of hydrogen-bond acceptors (Lipinski definition) is 4. The Morgan fingerprint density at radius 3 is 3.00 bits per heavy atom. The average molecular weight is 281 g/mol. The minimum atomic E-state index is 0.805. The van der Waals surface area contributed by atoms with Gasteiger partial charge in [0.15, 0.2) is 11.5 Å². The Bertz CT molecular complexity index is 747. The van der Waals surface area contributed by atoms with Gasteiger partial charge < -0.3 is 15.0 Å². The summed E-state index contributed by atoms with van der Waals surface area (Å²) in [6.07, 6.45) is 6.58. The van der Waals surface area contributed by atoms with Crippen molar-refractivity contribution in [2.24, 2.45) is 0 Å². The summed E-state index contributed by atoms with van der Waals surface area (Å²) >= 11 is 0. The van der Waals surface area contributed by atoms with E-state index in [-0.39, 0.29) is 0 Å². The Morgan fingerprint density at radius 2 is 2.19 bits per heavy atom. The van der Waals surface area contributed by atoms with Crippen LogP contribution in [0.5, 0.6) is 0 Å². The van der Waals surface area contributed by atoms with E-state index in [0.717, 1.165) is 30.2 Å². The number of nitrogens with zero attached hydrogens (tertiary/aromatic N) is 3. The molecule has 0 spiro atoms. The Labute approximate surface area is 124 Å². The monoisotopic (exact) mass is 281 g/mol. The van der Waals surface area contributed by atoms with Crippen LogP contribution >= 0.6 is 0 Å². The summed E-state index contributed by atoms with van der Waals surface area (Å²) in [7, 11) is 1.86. The SMILES string of the molecule is CNc1cn2ccnc2c(NCCc2cccc(C)c2)n1. The molecule has 0 bridgehead atoms. The van der Waals surface area contributed by atoms with Crippen molar-refractivity contribution < 1.29 is 0 Å². The fraction of sp³-hybridized carbons (Fsp3) is 0.250. The second-order valence-corrected chi connectivity index (χ2v) is 5.05. The lowest BCUT2D eigenvalue weighted by Gasteiger charge is -2.09. The lowest BCUT2D eigenvalue weighted by atomic mass is 10.1. The van der Waals surface area contributed by atoms with Gasteiger partial charge in [-0.25, -0.2) is 9.97 Å². The molecule has 0 saturated carbocycles. The summed E-state index contributed by atoms with van der Waals surface area (Å²) < 4.78 is 1.97. The Morgan fingerprint density at radius 1 is 1.29 bits per heavy atom. The third-order valence-corrected chi connectivity index (χ3v) is 3.42. The molecular weight excluding hydrogens is 262 g/mol.